The number of carbonyl (C=O) groups excluding carboxylic acids is 1. The average molecular weight is 700 g/mol. The Morgan fingerprint density at radius 2 is 1.96 bits per heavy atom. The van der Waals surface area contributed by atoms with Gasteiger partial charge in [0.1, 0.15) is 29.8 Å². The van der Waals surface area contributed by atoms with Crippen LogP contribution in [0.1, 0.15) is 38.5 Å². The van der Waals surface area contributed by atoms with Crippen LogP contribution in [-0.2, 0) is 4.79 Å². The number of ether oxygens (including phenoxy) is 1. The van der Waals surface area contributed by atoms with Crippen molar-refractivity contribution in [3.8, 4) is 29.1 Å². The van der Waals surface area contributed by atoms with Crippen molar-refractivity contribution in [1.29, 1.82) is 0 Å². The van der Waals surface area contributed by atoms with Gasteiger partial charge >= 0.3 is 6.01 Å². The molecule has 4 fully saturated rings. The molecule has 8 rings (SSSR count). The van der Waals surface area contributed by atoms with E-state index in [0.717, 1.165) is 44.2 Å². The maximum absolute atomic E-state index is 16.8. The molecule has 4 atom stereocenters. The van der Waals surface area contributed by atoms with Crippen molar-refractivity contribution in [2.45, 2.75) is 62.3 Å². The maximum Gasteiger partial charge on any atom is 0.319 e. The van der Waals surface area contributed by atoms with Crippen LogP contribution in [0.15, 0.2) is 42.6 Å². The Morgan fingerprint density at radius 1 is 1.12 bits per heavy atom. The van der Waals surface area contributed by atoms with Crippen LogP contribution in [0.3, 0.4) is 0 Å². The second-order valence-electron chi connectivity index (χ2n) is 14.2. The third kappa shape index (κ3) is 5.91. The zero-order valence-electron chi connectivity index (χ0n) is 28.3. The first kappa shape index (κ1) is 33.1. The highest BCUT2D eigenvalue weighted by Gasteiger charge is 2.49. The van der Waals surface area contributed by atoms with E-state index in [1.54, 1.807) is 23.2 Å². The topological polar surface area (TPSA) is 77.9 Å². The van der Waals surface area contributed by atoms with E-state index in [0.29, 0.717) is 59.7 Å². The fourth-order valence-electron chi connectivity index (χ4n) is 8.42. The number of nitrogens with zero attached hydrogens (tertiary/aromatic N) is 7. The van der Waals surface area contributed by atoms with E-state index in [1.165, 1.54) is 0 Å². The van der Waals surface area contributed by atoms with E-state index in [9.17, 15) is 9.18 Å². The van der Waals surface area contributed by atoms with Gasteiger partial charge in [-0.1, -0.05) is 47.9 Å². The first-order chi connectivity index (χ1) is 24.2. The van der Waals surface area contributed by atoms with Crippen LogP contribution < -0.4 is 9.64 Å². The first-order valence-electron chi connectivity index (χ1n) is 17.5. The molecule has 9 nitrogen and oxygen atoms in total. The molecule has 4 aromatic rings. The predicted molar refractivity (Wildman–Crippen MR) is 191 cm³/mol. The lowest BCUT2D eigenvalue weighted by molar-refractivity contribution is -0.124. The van der Waals surface area contributed by atoms with E-state index in [4.69, 9.17) is 21.3 Å². The molecule has 1 amide bonds. The number of rotatable bonds is 6. The van der Waals surface area contributed by atoms with Gasteiger partial charge < -0.3 is 14.5 Å². The Bertz CT molecular complexity index is 2030. The lowest BCUT2D eigenvalue weighted by Crippen LogP contribution is -2.43. The SMILES string of the molecule is CN1CCCC1C#CC(=O)N1CC[C@H](N(C)c2nc(OC[C@@]34CCCN3C[C@H](F)C4)nc3c(F)c(-c4cccc5cccc(Cl)c45)ncc23)C1. The Kier molecular flexibility index (Phi) is 8.74. The number of likely N-dealkylation sites (tertiary alicyclic amines) is 2. The van der Waals surface area contributed by atoms with Gasteiger partial charge in [-0.2, -0.15) is 9.97 Å². The van der Waals surface area contributed by atoms with Crippen molar-refractivity contribution in [2.24, 2.45) is 0 Å². The smallest absolute Gasteiger partial charge is 0.319 e. The number of anilines is 1. The molecule has 0 spiro atoms. The molecular weight excluding hydrogens is 660 g/mol. The maximum atomic E-state index is 16.8. The standard InChI is InChI=1S/C38H40ClF2N7O2/c1-45-16-5-9-26(45)12-13-31(49)47-18-14-27(22-47)46(2)36-29-20-42-34(28-10-3-7-24-8-4-11-30(39)32(24)28)33(41)35(29)43-37(44-36)50-23-38-15-6-17-48(38)21-25(40)19-38/h3-4,7-8,10-11,20,25-27H,5-6,9,14-19,21-23H2,1-2H3/t25-,26?,27+,38+/m1/s1. The molecule has 1 unspecified atom stereocenters. The molecule has 0 aliphatic carbocycles. The van der Waals surface area contributed by atoms with Crippen molar-refractivity contribution in [1.82, 2.24) is 29.7 Å². The molecule has 50 heavy (non-hydrogen) atoms. The summed E-state index contributed by atoms with van der Waals surface area (Å²) >= 11 is 6.63. The zero-order valence-corrected chi connectivity index (χ0v) is 29.1. The molecule has 4 aliphatic rings. The van der Waals surface area contributed by atoms with Gasteiger partial charge in [-0.25, -0.2) is 8.78 Å². The van der Waals surface area contributed by atoms with E-state index in [2.05, 4.69) is 31.6 Å². The van der Waals surface area contributed by atoms with Crippen molar-refractivity contribution in [3.63, 3.8) is 0 Å². The summed E-state index contributed by atoms with van der Waals surface area (Å²) < 4.78 is 37.7. The van der Waals surface area contributed by atoms with E-state index in [1.807, 2.05) is 43.3 Å². The molecule has 2 aromatic heterocycles. The van der Waals surface area contributed by atoms with Gasteiger partial charge in [0, 0.05) is 61.3 Å². The molecule has 260 valence electrons. The normalized spacial score (nSPS) is 25.3. The lowest BCUT2D eigenvalue weighted by Gasteiger charge is -2.31. The summed E-state index contributed by atoms with van der Waals surface area (Å²) in [7, 11) is 3.93. The number of fused-ring (bicyclic) bond motifs is 3. The fourth-order valence-corrected chi connectivity index (χ4v) is 8.70. The third-order valence-electron chi connectivity index (χ3n) is 11.2. The van der Waals surface area contributed by atoms with Gasteiger partial charge in [0.05, 0.1) is 17.0 Å². The summed E-state index contributed by atoms with van der Waals surface area (Å²) in [5.41, 5.74) is 0.319. The summed E-state index contributed by atoms with van der Waals surface area (Å²) in [6.45, 7) is 3.42. The number of benzene rings is 2. The molecule has 0 radical (unpaired) electrons. The van der Waals surface area contributed by atoms with Crippen molar-refractivity contribution in [2.75, 3.05) is 58.3 Å². The molecule has 0 N–H and O–H groups in total. The van der Waals surface area contributed by atoms with Crippen molar-refractivity contribution >= 4 is 45.0 Å². The molecule has 0 saturated carbocycles. The Hall–Kier alpha value is -4.11. The quantitative estimate of drug-likeness (QED) is 0.237. The number of aromatic nitrogens is 3. The highest BCUT2D eigenvalue weighted by Crippen LogP contribution is 2.41. The van der Waals surface area contributed by atoms with Crippen LogP contribution in [0.25, 0.3) is 32.9 Å². The van der Waals surface area contributed by atoms with E-state index in [-0.39, 0.29) is 41.8 Å². The Morgan fingerprint density at radius 3 is 2.78 bits per heavy atom. The van der Waals surface area contributed by atoms with E-state index < -0.39 is 17.5 Å². The fraction of sp³-hybridized carbons (Fsp3) is 0.474. The van der Waals surface area contributed by atoms with Gasteiger partial charge in [0.15, 0.2) is 5.82 Å². The number of likely N-dealkylation sites (N-methyl/N-ethyl adjacent to an activating group) is 1. The summed E-state index contributed by atoms with van der Waals surface area (Å²) in [5.74, 6) is 5.69. The third-order valence-corrected chi connectivity index (χ3v) is 11.5. The van der Waals surface area contributed by atoms with Gasteiger partial charge in [0.2, 0.25) is 0 Å². The van der Waals surface area contributed by atoms with Gasteiger partial charge in [-0.15, -0.1) is 0 Å². The van der Waals surface area contributed by atoms with Crippen LogP contribution in [0, 0.1) is 17.7 Å². The molecule has 2 aromatic carbocycles. The number of hydrogen-bond acceptors (Lipinski definition) is 8. The number of alkyl halides is 1. The minimum atomic E-state index is -0.909. The Labute approximate surface area is 295 Å². The van der Waals surface area contributed by atoms with Gasteiger partial charge in [-0.05, 0) is 69.6 Å². The average Bonchev–Trinajstić information content (AvgIpc) is 3.91. The zero-order chi connectivity index (χ0) is 34.6. The largest absolute Gasteiger partial charge is 0.461 e. The number of pyridine rings is 1. The summed E-state index contributed by atoms with van der Waals surface area (Å²) in [6.07, 6.45) is 5.62. The first-order valence-corrected chi connectivity index (χ1v) is 17.9. The minimum Gasteiger partial charge on any atom is -0.461 e. The van der Waals surface area contributed by atoms with E-state index >= 15 is 4.39 Å². The highest BCUT2D eigenvalue weighted by atomic mass is 35.5. The van der Waals surface area contributed by atoms with Crippen molar-refractivity contribution < 1.29 is 18.3 Å². The minimum absolute atomic E-state index is 0.0207. The van der Waals surface area contributed by atoms with Crippen LogP contribution in [0.2, 0.25) is 5.02 Å². The number of hydrogen-bond donors (Lipinski definition) is 0. The van der Waals surface area contributed by atoms with Crippen LogP contribution in [-0.4, -0.2) is 113 Å². The molecule has 4 aliphatic heterocycles. The highest BCUT2D eigenvalue weighted by molar-refractivity contribution is 6.36. The molecule has 12 heteroatoms. The molecule has 6 heterocycles. The number of amides is 1. The monoisotopic (exact) mass is 699 g/mol. The number of carbonyl (C=O) groups is 1. The summed E-state index contributed by atoms with van der Waals surface area (Å²) in [4.78, 5) is 35.3. The lowest BCUT2D eigenvalue weighted by atomic mass is 9.95. The predicted octanol–water partition coefficient (Wildman–Crippen LogP) is 5.73. The number of halogens is 3. The Balaban J connectivity index is 1.14. The van der Waals surface area contributed by atoms with Crippen molar-refractivity contribution in [3.05, 3.63) is 53.4 Å². The summed E-state index contributed by atoms with van der Waals surface area (Å²) in [5, 5.41) is 2.49. The van der Waals surface area contributed by atoms with Crippen LogP contribution in [0.5, 0.6) is 6.01 Å². The van der Waals surface area contributed by atoms with Gasteiger partial charge in [-0.3, -0.25) is 19.6 Å². The van der Waals surface area contributed by atoms with Gasteiger partial charge in [0.25, 0.3) is 5.91 Å². The van der Waals surface area contributed by atoms with Crippen LogP contribution >= 0.6 is 11.6 Å². The molecule has 0 bridgehead atoms. The summed E-state index contributed by atoms with van der Waals surface area (Å²) in [6, 6.07) is 11.2. The second kappa shape index (κ2) is 13.2. The van der Waals surface area contributed by atoms with Crippen LogP contribution in [0.4, 0.5) is 14.6 Å². The molecule has 4 saturated heterocycles. The molecular formula is C38H40ClF2N7O2. The second-order valence-corrected chi connectivity index (χ2v) is 14.6.